The Morgan fingerprint density at radius 1 is 1.35 bits per heavy atom. The van der Waals surface area contributed by atoms with E-state index < -0.39 is 0 Å². The molecule has 1 aromatic heterocycles. The van der Waals surface area contributed by atoms with E-state index in [2.05, 4.69) is 24.1 Å². The molecule has 0 aliphatic rings. The van der Waals surface area contributed by atoms with E-state index in [9.17, 15) is 9.59 Å². The lowest BCUT2D eigenvalue weighted by molar-refractivity contribution is -0.146. The molecular weight excluding hydrogens is 298 g/mol. The molecule has 0 radical (unpaired) electrons. The van der Waals surface area contributed by atoms with Crippen molar-refractivity contribution in [3.63, 3.8) is 0 Å². The largest absolute Gasteiger partial charge is 0.463 e. The number of hydrogen-bond acceptors (Lipinski definition) is 5. The van der Waals surface area contributed by atoms with Crippen LogP contribution in [0.1, 0.15) is 37.2 Å². The van der Waals surface area contributed by atoms with E-state index in [1.165, 1.54) is 6.20 Å². The quantitative estimate of drug-likeness (QED) is 0.519. The van der Waals surface area contributed by atoms with E-state index in [-0.39, 0.29) is 30.8 Å². The summed E-state index contributed by atoms with van der Waals surface area (Å²) >= 11 is 0. The number of aromatic nitrogens is 2. The number of carbonyl (C=O) groups excluding carboxylic acids is 2. The molecule has 0 aliphatic carbocycles. The lowest BCUT2D eigenvalue weighted by Gasteiger charge is -2.19. The van der Waals surface area contributed by atoms with Gasteiger partial charge in [-0.2, -0.15) is 0 Å². The average molecular weight is 325 g/mol. The Morgan fingerprint density at radius 2 is 2.09 bits per heavy atom. The van der Waals surface area contributed by atoms with Gasteiger partial charge in [0.15, 0.2) is 0 Å². The number of esters is 1. The minimum atomic E-state index is -0.262. The van der Waals surface area contributed by atoms with Crippen LogP contribution in [0.15, 0.2) is 12.5 Å². The first-order chi connectivity index (χ1) is 10.9. The van der Waals surface area contributed by atoms with E-state index in [4.69, 9.17) is 9.47 Å². The number of ether oxygens (including phenoxy) is 2. The minimum absolute atomic E-state index is 0.0437. The van der Waals surface area contributed by atoms with Crippen LogP contribution in [0, 0.1) is 11.8 Å². The number of nitrogens with zero attached hydrogens (tertiary/aromatic N) is 2. The van der Waals surface area contributed by atoms with Gasteiger partial charge in [-0.15, -0.1) is 0 Å². The molecule has 23 heavy (non-hydrogen) atoms. The third kappa shape index (κ3) is 7.27. The highest BCUT2D eigenvalue weighted by molar-refractivity contribution is 5.92. The fraction of sp³-hybridized carbons (Fsp3) is 0.688. The van der Waals surface area contributed by atoms with Crippen LogP contribution in [0.2, 0.25) is 0 Å². The lowest BCUT2D eigenvalue weighted by Crippen LogP contribution is -2.32. The summed E-state index contributed by atoms with van der Waals surface area (Å²) in [6.45, 7) is 5.25. The number of aryl methyl sites for hydroxylation is 1. The number of hydrogen-bond donors (Lipinski definition) is 1. The average Bonchev–Trinajstić information content (AvgIpc) is 2.90. The molecule has 1 heterocycles. The summed E-state index contributed by atoms with van der Waals surface area (Å²) in [4.78, 5) is 27.9. The Labute approximate surface area is 137 Å². The van der Waals surface area contributed by atoms with Gasteiger partial charge in [0, 0.05) is 20.7 Å². The Morgan fingerprint density at radius 3 is 2.65 bits per heavy atom. The van der Waals surface area contributed by atoms with Crippen LogP contribution in [0.5, 0.6) is 0 Å². The second-order valence-electron chi connectivity index (χ2n) is 6.01. The fourth-order valence-corrected chi connectivity index (χ4v) is 2.34. The van der Waals surface area contributed by atoms with Crippen LogP contribution >= 0.6 is 0 Å². The van der Waals surface area contributed by atoms with Crippen LogP contribution in [0.3, 0.4) is 0 Å². The highest BCUT2D eigenvalue weighted by Gasteiger charge is 2.18. The number of methoxy groups -OCH3 is 1. The molecule has 0 fully saturated rings. The zero-order valence-corrected chi connectivity index (χ0v) is 14.4. The summed E-state index contributed by atoms with van der Waals surface area (Å²) in [6.07, 6.45) is 4.22. The van der Waals surface area contributed by atoms with Gasteiger partial charge in [-0.25, -0.2) is 4.98 Å². The van der Waals surface area contributed by atoms with Gasteiger partial charge in [-0.05, 0) is 18.3 Å². The third-order valence-electron chi connectivity index (χ3n) is 3.41. The number of rotatable bonds is 10. The van der Waals surface area contributed by atoms with E-state index >= 15 is 0 Å². The molecule has 1 amide bonds. The van der Waals surface area contributed by atoms with Crippen LogP contribution in [0.25, 0.3) is 0 Å². The van der Waals surface area contributed by atoms with Crippen LogP contribution in [-0.4, -0.2) is 48.3 Å². The molecule has 0 saturated heterocycles. The molecule has 7 nitrogen and oxygen atoms in total. The number of nitrogens with one attached hydrogen (secondary N) is 1. The molecule has 0 unspecified atom stereocenters. The smallest absolute Gasteiger partial charge is 0.306 e. The first kappa shape index (κ1) is 19.2. The number of carbonyl (C=O) groups is 2. The summed E-state index contributed by atoms with van der Waals surface area (Å²) < 4.78 is 11.6. The van der Waals surface area contributed by atoms with Gasteiger partial charge in [-0.1, -0.05) is 13.8 Å². The Hall–Kier alpha value is -1.89. The molecular formula is C16H27N3O4. The molecule has 1 aromatic rings. The Kier molecular flexibility index (Phi) is 8.32. The first-order valence-corrected chi connectivity index (χ1v) is 7.83. The van der Waals surface area contributed by atoms with Crippen LogP contribution in [-0.2, 0) is 21.3 Å². The van der Waals surface area contributed by atoms with Gasteiger partial charge in [0.25, 0.3) is 5.91 Å². The van der Waals surface area contributed by atoms with Gasteiger partial charge < -0.3 is 19.4 Å². The number of amides is 1. The summed E-state index contributed by atoms with van der Waals surface area (Å²) in [5.41, 5.74) is 0.496. The van der Waals surface area contributed by atoms with Crippen molar-refractivity contribution < 1.29 is 19.1 Å². The zero-order valence-electron chi connectivity index (χ0n) is 14.4. The lowest BCUT2D eigenvalue weighted by atomic mass is 9.94. The van der Waals surface area contributed by atoms with Crippen molar-refractivity contribution in [1.29, 1.82) is 0 Å². The van der Waals surface area contributed by atoms with Crippen molar-refractivity contribution >= 4 is 11.9 Å². The molecule has 1 atom stereocenters. The highest BCUT2D eigenvalue weighted by atomic mass is 16.6. The van der Waals surface area contributed by atoms with Crippen LogP contribution < -0.4 is 5.32 Å². The SMILES string of the molecule is COCCOC(=O)C[C@@H](CNC(=O)c1cncn1C)CC(C)C. The Bertz CT molecular complexity index is 499. The van der Waals surface area contributed by atoms with Gasteiger partial charge in [-0.3, -0.25) is 9.59 Å². The molecule has 0 saturated carbocycles. The molecule has 130 valence electrons. The third-order valence-corrected chi connectivity index (χ3v) is 3.41. The topological polar surface area (TPSA) is 82.4 Å². The zero-order chi connectivity index (χ0) is 17.2. The summed E-state index contributed by atoms with van der Waals surface area (Å²) in [6, 6.07) is 0. The maximum Gasteiger partial charge on any atom is 0.306 e. The van der Waals surface area contributed by atoms with E-state index in [0.717, 1.165) is 6.42 Å². The van der Waals surface area contributed by atoms with Crippen molar-refractivity contribution in [2.75, 3.05) is 26.9 Å². The van der Waals surface area contributed by atoms with E-state index in [0.29, 0.717) is 24.8 Å². The van der Waals surface area contributed by atoms with Crippen molar-refractivity contribution in [3.8, 4) is 0 Å². The summed E-state index contributed by atoms with van der Waals surface area (Å²) in [5, 5.41) is 2.87. The second kappa shape index (κ2) is 9.99. The maximum absolute atomic E-state index is 12.1. The van der Waals surface area contributed by atoms with Crippen molar-refractivity contribution in [3.05, 3.63) is 18.2 Å². The fourth-order valence-electron chi connectivity index (χ4n) is 2.34. The molecule has 0 bridgehead atoms. The van der Waals surface area contributed by atoms with Crippen LogP contribution in [0.4, 0.5) is 0 Å². The maximum atomic E-state index is 12.1. The molecule has 1 N–H and O–H groups in total. The highest BCUT2D eigenvalue weighted by Crippen LogP contribution is 2.15. The Balaban J connectivity index is 2.49. The molecule has 0 aromatic carbocycles. The van der Waals surface area contributed by atoms with Crippen molar-refractivity contribution in [2.45, 2.75) is 26.7 Å². The first-order valence-electron chi connectivity index (χ1n) is 7.83. The normalized spacial score (nSPS) is 12.2. The molecule has 1 rings (SSSR count). The van der Waals surface area contributed by atoms with Gasteiger partial charge in [0.05, 0.1) is 25.6 Å². The van der Waals surface area contributed by atoms with Gasteiger partial charge in [0.2, 0.25) is 0 Å². The van der Waals surface area contributed by atoms with E-state index in [1.807, 2.05) is 0 Å². The molecule has 0 spiro atoms. The minimum Gasteiger partial charge on any atom is -0.463 e. The second-order valence-corrected chi connectivity index (χ2v) is 6.01. The van der Waals surface area contributed by atoms with Crippen molar-refractivity contribution in [2.24, 2.45) is 18.9 Å². The monoisotopic (exact) mass is 325 g/mol. The molecule has 7 heteroatoms. The van der Waals surface area contributed by atoms with E-state index in [1.54, 1.807) is 25.1 Å². The standard InChI is InChI=1S/C16H27N3O4/c1-12(2)7-13(8-15(20)23-6-5-22-4)9-18-16(21)14-10-17-11-19(14)3/h10-13H,5-9H2,1-4H3,(H,18,21)/t13-/m0/s1. The van der Waals surface area contributed by atoms with Gasteiger partial charge in [0.1, 0.15) is 12.3 Å². The summed E-state index contributed by atoms with van der Waals surface area (Å²) in [5.74, 6) is 0.0246. The summed E-state index contributed by atoms with van der Waals surface area (Å²) in [7, 11) is 3.32. The molecule has 0 aliphatic heterocycles. The van der Waals surface area contributed by atoms with Crippen molar-refractivity contribution in [1.82, 2.24) is 14.9 Å². The predicted molar refractivity (Wildman–Crippen MR) is 85.9 cm³/mol. The number of imidazole rings is 1. The van der Waals surface area contributed by atoms with Gasteiger partial charge >= 0.3 is 5.97 Å². The predicted octanol–water partition coefficient (Wildman–Crippen LogP) is 1.39.